The average molecular weight is 419 g/mol. The third-order valence-electron chi connectivity index (χ3n) is 5.37. The molecule has 148 valence electrons. The maximum Gasteiger partial charge on any atom is 0.274 e. The lowest BCUT2D eigenvalue weighted by atomic mass is 10.1. The van der Waals surface area contributed by atoms with Crippen molar-refractivity contribution in [3.8, 4) is 0 Å². The zero-order valence-electron chi connectivity index (χ0n) is 15.5. The Morgan fingerprint density at radius 2 is 2.00 bits per heavy atom. The molecule has 1 fully saturated rings. The highest BCUT2D eigenvalue weighted by molar-refractivity contribution is 7.18. The van der Waals surface area contributed by atoms with E-state index >= 15 is 0 Å². The Hall–Kier alpha value is -2.00. The van der Waals surface area contributed by atoms with Crippen LogP contribution in [0.4, 0.5) is 0 Å². The number of para-hydroxylation sites is 1. The number of hydrogen-bond donors (Lipinski definition) is 2. The Morgan fingerprint density at radius 1 is 1.18 bits per heavy atom. The lowest BCUT2D eigenvalue weighted by Crippen LogP contribution is -2.48. The zero-order chi connectivity index (χ0) is 18.2. The number of thiazole rings is 1. The van der Waals surface area contributed by atoms with Gasteiger partial charge in [0.15, 0.2) is 5.69 Å². The van der Waals surface area contributed by atoms with Crippen molar-refractivity contribution >= 4 is 39.9 Å². The van der Waals surface area contributed by atoms with Gasteiger partial charge >= 0.3 is 0 Å². The Bertz CT molecular complexity index is 945. The van der Waals surface area contributed by atoms with Crippen LogP contribution in [0.2, 0.25) is 0 Å². The second-order valence-electron chi connectivity index (χ2n) is 7.10. The highest BCUT2D eigenvalue weighted by Crippen LogP contribution is 2.23. The van der Waals surface area contributed by atoms with Gasteiger partial charge in [-0.15, -0.1) is 23.7 Å². The third-order valence-corrected chi connectivity index (χ3v) is 6.39. The minimum absolute atomic E-state index is 0. The van der Waals surface area contributed by atoms with Crippen LogP contribution in [0.3, 0.4) is 0 Å². The van der Waals surface area contributed by atoms with E-state index in [1.54, 1.807) is 11.3 Å². The number of rotatable bonds is 3. The predicted octanol–water partition coefficient (Wildman–Crippen LogP) is 2.04. The molecule has 0 bridgehead atoms. The number of H-pyrrole nitrogens is 1. The monoisotopic (exact) mass is 418 g/mol. The molecule has 1 amide bonds. The van der Waals surface area contributed by atoms with Crippen LogP contribution in [0, 0.1) is 0 Å². The number of hydrogen-bond acceptors (Lipinski definition) is 6. The first-order chi connectivity index (χ1) is 13.3. The molecule has 0 aliphatic carbocycles. The van der Waals surface area contributed by atoms with Gasteiger partial charge in [-0.25, -0.2) is 4.98 Å². The van der Waals surface area contributed by atoms with Gasteiger partial charge in [-0.1, -0.05) is 12.1 Å². The van der Waals surface area contributed by atoms with E-state index in [0.717, 1.165) is 74.0 Å². The van der Waals surface area contributed by atoms with E-state index < -0.39 is 0 Å². The molecule has 0 radical (unpaired) electrons. The maximum atomic E-state index is 12.9. The van der Waals surface area contributed by atoms with Crippen LogP contribution in [0.1, 0.15) is 26.8 Å². The third kappa shape index (κ3) is 3.65. The summed E-state index contributed by atoms with van der Waals surface area (Å²) in [6, 6.07) is 8.26. The largest absolute Gasteiger partial charge is 0.335 e. The summed E-state index contributed by atoms with van der Waals surface area (Å²) >= 11 is 1.76. The molecule has 3 aromatic rings. The van der Waals surface area contributed by atoms with Crippen molar-refractivity contribution in [2.75, 3.05) is 32.7 Å². The standard InChI is InChI=1S/C19H22N6OS.ClH/c26-19(18-13-11-20-6-5-14(13)22-23-18)25-9-7-24(8-10-25)12-17-21-15-3-1-2-4-16(15)27-17;/h1-4,20H,5-12H2,(H,22,23);1H. The Kier molecular flexibility index (Phi) is 5.63. The van der Waals surface area contributed by atoms with Crippen molar-refractivity contribution < 1.29 is 4.79 Å². The fourth-order valence-electron chi connectivity index (χ4n) is 3.84. The first-order valence-corrected chi connectivity index (χ1v) is 10.2. The van der Waals surface area contributed by atoms with Gasteiger partial charge in [0.05, 0.1) is 16.8 Å². The molecule has 2 aliphatic rings. The average Bonchev–Trinajstić information content (AvgIpc) is 3.31. The van der Waals surface area contributed by atoms with E-state index in [-0.39, 0.29) is 18.3 Å². The molecule has 0 unspecified atom stereocenters. The zero-order valence-corrected chi connectivity index (χ0v) is 17.1. The number of aromatic amines is 1. The number of halogens is 1. The molecule has 0 saturated carbocycles. The van der Waals surface area contributed by atoms with Crippen LogP contribution < -0.4 is 5.32 Å². The molecule has 28 heavy (non-hydrogen) atoms. The second kappa shape index (κ2) is 8.16. The molecule has 1 aromatic carbocycles. The summed E-state index contributed by atoms with van der Waals surface area (Å²) in [7, 11) is 0. The molecule has 0 spiro atoms. The van der Waals surface area contributed by atoms with Gasteiger partial charge in [0.1, 0.15) is 5.01 Å². The fraction of sp³-hybridized carbons (Fsp3) is 0.421. The Balaban J connectivity index is 0.00000192. The van der Waals surface area contributed by atoms with Crippen LogP contribution in [-0.2, 0) is 19.5 Å². The summed E-state index contributed by atoms with van der Waals surface area (Å²) in [4.78, 5) is 21.9. The summed E-state index contributed by atoms with van der Waals surface area (Å²) < 4.78 is 1.23. The maximum absolute atomic E-state index is 12.9. The van der Waals surface area contributed by atoms with Crippen LogP contribution in [0.15, 0.2) is 24.3 Å². The number of carbonyl (C=O) groups is 1. The van der Waals surface area contributed by atoms with Gasteiger partial charge in [0.2, 0.25) is 0 Å². The molecule has 5 rings (SSSR count). The second-order valence-corrected chi connectivity index (χ2v) is 8.21. The number of benzene rings is 1. The van der Waals surface area contributed by atoms with Crippen molar-refractivity contribution in [2.45, 2.75) is 19.5 Å². The molecule has 4 heterocycles. The Labute approximate surface area is 173 Å². The first kappa shape index (κ1) is 19.3. The van der Waals surface area contributed by atoms with Gasteiger partial charge < -0.3 is 10.2 Å². The molecule has 9 heteroatoms. The van der Waals surface area contributed by atoms with Crippen molar-refractivity contribution in [1.29, 1.82) is 0 Å². The fourth-order valence-corrected chi connectivity index (χ4v) is 4.85. The highest BCUT2D eigenvalue weighted by Gasteiger charge is 2.28. The predicted molar refractivity (Wildman–Crippen MR) is 112 cm³/mol. The van der Waals surface area contributed by atoms with Crippen molar-refractivity contribution in [1.82, 2.24) is 30.3 Å². The minimum Gasteiger partial charge on any atom is -0.335 e. The van der Waals surface area contributed by atoms with E-state index in [0.29, 0.717) is 5.69 Å². The smallest absolute Gasteiger partial charge is 0.274 e. The summed E-state index contributed by atoms with van der Waals surface area (Å²) in [6.45, 7) is 5.72. The SMILES string of the molecule is Cl.O=C(c1n[nH]c2c1CNCC2)N1CCN(Cc2nc3ccccc3s2)CC1. The van der Waals surface area contributed by atoms with E-state index in [1.807, 2.05) is 11.0 Å². The minimum atomic E-state index is 0. The van der Waals surface area contributed by atoms with Gasteiger partial charge in [-0.3, -0.25) is 14.8 Å². The van der Waals surface area contributed by atoms with Gasteiger partial charge in [0, 0.05) is 56.9 Å². The summed E-state index contributed by atoms with van der Waals surface area (Å²) in [5.74, 6) is 0.0517. The van der Waals surface area contributed by atoms with Crippen LogP contribution in [0.5, 0.6) is 0 Å². The first-order valence-electron chi connectivity index (χ1n) is 9.41. The molecule has 0 atom stereocenters. The quantitative estimate of drug-likeness (QED) is 0.680. The normalized spacial score (nSPS) is 17.4. The number of nitrogens with one attached hydrogen (secondary N) is 2. The molecule has 2 aliphatic heterocycles. The van der Waals surface area contributed by atoms with Crippen molar-refractivity contribution in [3.63, 3.8) is 0 Å². The lowest BCUT2D eigenvalue weighted by molar-refractivity contribution is 0.0621. The number of aromatic nitrogens is 3. The lowest BCUT2D eigenvalue weighted by Gasteiger charge is -2.34. The van der Waals surface area contributed by atoms with Crippen LogP contribution >= 0.6 is 23.7 Å². The summed E-state index contributed by atoms with van der Waals surface area (Å²) in [6.07, 6.45) is 0.908. The van der Waals surface area contributed by atoms with Crippen molar-refractivity contribution in [2.24, 2.45) is 0 Å². The molecular formula is C19H23ClN6OS. The molecule has 2 N–H and O–H groups in total. The number of amides is 1. The topological polar surface area (TPSA) is 77.2 Å². The van der Waals surface area contributed by atoms with Crippen LogP contribution in [-0.4, -0.2) is 63.6 Å². The van der Waals surface area contributed by atoms with Gasteiger partial charge in [-0.2, -0.15) is 5.10 Å². The molecule has 2 aromatic heterocycles. The van der Waals surface area contributed by atoms with Gasteiger partial charge in [0.25, 0.3) is 5.91 Å². The van der Waals surface area contributed by atoms with E-state index in [4.69, 9.17) is 4.98 Å². The summed E-state index contributed by atoms with van der Waals surface area (Å²) in [5, 5.41) is 11.8. The van der Waals surface area contributed by atoms with E-state index in [2.05, 4.69) is 38.6 Å². The highest BCUT2D eigenvalue weighted by atomic mass is 35.5. The van der Waals surface area contributed by atoms with E-state index in [9.17, 15) is 4.79 Å². The van der Waals surface area contributed by atoms with Crippen molar-refractivity contribution in [3.05, 3.63) is 46.2 Å². The number of carbonyl (C=O) groups excluding carboxylic acids is 1. The van der Waals surface area contributed by atoms with Gasteiger partial charge in [-0.05, 0) is 12.1 Å². The molecular weight excluding hydrogens is 396 g/mol. The number of fused-ring (bicyclic) bond motifs is 2. The Morgan fingerprint density at radius 3 is 2.82 bits per heavy atom. The number of nitrogens with zero attached hydrogens (tertiary/aromatic N) is 4. The molecule has 1 saturated heterocycles. The number of piperazine rings is 1. The van der Waals surface area contributed by atoms with E-state index in [1.165, 1.54) is 4.70 Å². The molecule has 7 nitrogen and oxygen atoms in total. The van der Waals surface area contributed by atoms with Crippen LogP contribution in [0.25, 0.3) is 10.2 Å². The summed E-state index contributed by atoms with van der Waals surface area (Å²) in [5.41, 5.74) is 3.81.